The monoisotopic (exact) mass is 225 g/mol. The Balaban J connectivity index is 2.53. The maximum atomic E-state index is 2.37. The first-order valence-corrected chi connectivity index (χ1v) is 5.31. The fourth-order valence-electron chi connectivity index (χ4n) is 1.32. The van der Waals surface area contributed by atoms with Gasteiger partial charge in [0.15, 0.2) is 0 Å². The van der Waals surface area contributed by atoms with Crippen LogP contribution in [0.2, 0.25) is 0 Å². The van der Waals surface area contributed by atoms with Crippen LogP contribution in [0.15, 0.2) is 21.0 Å². The molecule has 1 aliphatic carbocycles. The first-order valence-electron chi connectivity index (χ1n) is 4.08. The minimum atomic E-state index is 0.447. The van der Waals surface area contributed by atoms with Gasteiger partial charge in [-0.1, -0.05) is 0 Å². The summed E-state index contributed by atoms with van der Waals surface area (Å²) in [5.74, 6) is 0. The molecule has 0 aromatic rings. The van der Waals surface area contributed by atoms with Crippen molar-refractivity contribution < 1.29 is 24.7 Å². The SMILES string of the molecule is CC(C)(C)CC1=CC[C]([Zr])=C1. The molecule has 0 N–H and O–H groups in total. The molecule has 1 aliphatic rings. The number of allylic oxidation sites excluding steroid dienone is 4. The third kappa shape index (κ3) is 3.51. The predicted molar refractivity (Wildman–Crippen MR) is 44.9 cm³/mol. The van der Waals surface area contributed by atoms with E-state index in [1.807, 2.05) is 0 Å². The summed E-state index contributed by atoms with van der Waals surface area (Å²) < 4.78 is 1.59. The molecule has 0 nitrogen and oxygen atoms in total. The van der Waals surface area contributed by atoms with E-state index in [-0.39, 0.29) is 0 Å². The van der Waals surface area contributed by atoms with Gasteiger partial charge in [0, 0.05) is 0 Å². The standard InChI is InChI=1S/C10H15.Zr/c1-10(2,3)8-9-6-4-5-7-9;/h6-7H,4,8H2,1-3H3;. The second-order valence-corrected chi connectivity index (χ2v) is 5.97. The summed E-state index contributed by atoms with van der Waals surface area (Å²) in [6, 6.07) is 0. The molecule has 0 aliphatic heterocycles. The Morgan fingerprint density at radius 3 is 2.45 bits per heavy atom. The summed E-state index contributed by atoms with van der Waals surface area (Å²) in [4.78, 5) is 0. The fourth-order valence-corrected chi connectivity index (χ4v) is 2.02. The minimum absolute atomic E-state index is 0.447. The molecule has 11 heavy (non-hydrogen) atoms. The van der Waals surface area contributed by atoms with E-state index in [4.69, 9.17) is 0 Å². The Kier molecular flexibility index (Phi) is 2.92. The van der Waals surface area contributed by atoms with Crippen LogP contribution in [0.4, 0.5) is 0 Å². The normalized spacial score (nSPS) is 18.0. The van der Waals surface area contributed by atoms with Gasteiger partial charge in [-0.3, -0.25) is 0 Å². The van der Waals surface area contributed by atoms with Crippen molar-refractivity contribution in [3.05, 3.63) is 21.0 Å². The van der Waals surface area contributed by atoms with Crippen LogP contribution in [0.3, 0.4) is 0 Å². The van der Waals surface area contributed by atoms with Crippen molar-refractivity contribution in [2.24, 2.45) is 5.41 Å². The predicted octanol–water partition coefficient (Wildman–Crippen LogP) is 3.18. The van der Waals surface area contributed by atoms with Gasteiger partial charge < -0.3 is 0 Å². The van der Waals surface area contributed by atoms with Gasteiger partial charge in [0.05, 0.1) is 0 Å². The van der Waals surface area contributed by atoms with Crippen molar-refractivity contribution in [1.29, 1.82) is 0 Å². The van der Waals surface area contributed by atoms with Crippen LogP contribution >= 0.6 is 0 Å². The van der Waals surface area contributed by atoms with E-state index in [1.165, 1.54) is 12.8 Å². The molecule has 1 heteroatoms. The fraction of sp³-hybridized carbons (Fsp3) is 0.600. The van der Waals surface area contributed by atoms with Crippen LogP contribution in [0.1, 0.15) is 33.6 Å². The molecule has 59 valence electrons. The van der Waals surface area contributed by atoms with Gasteiger partial charge in [-0.25, -0.2) is 0 Å². The summed E-state index contributed by atoms with van der Waals surface area (Å²) in [5, 5.41) is 0. The zero-order valence-electron chi connectivity index (χ0n) is 7.57. The summed E-state index contributed by atoms with van der Waals surface area (Å²) in [6.07, 6.45) is 7.17. The second kappa shape index (κ2) is 3.39. The van der Waals surface area contributed by atoms with Crippen molar-refractivity contribution in [3.8, 4) is 0 Å². The van der Waals surface area contributed by atoms with Gasteiger partial charge in [0.1, 0.15) is 0 Å². The Labute approximate surface area is 84.6 Å². The molecule has 0 saturated heterocycles. The molecular weight excluding hydrogens is 211 g/mol. The van der Waals surface area contributed by atoms with E-state index >= 15 is 0 Å². The van der Waals surface area contributed by atoms with Crippen molar-refractivity contribution in [2.75, 3.05) is 0 Å². The Bertz CT molecular complexity index is 203. The zero-order valence-corrected chi connectivity index (χ0v) is 10.0. The van der Waals surface area contributed by atoms with Gasteiger partial charge in [0.2, 0.25) is 0 Å². The first kappa shape index (κ1) is 9.45. The maximum absolute atomic E-state index is 2.37. The molecule has 0 saturated carbocycles. The molecule has 0 atom stereocenters. The second-order valence-electron chi connectivity index (χ2n) is 4.39. The van der Waals surface area contributed by atoms with E-state index in [2.05, 4.69) is 32.9 Å². The number of hydrogen-bond acceptors (Lipinski definition) is 0. The molecule has 0 unspecified atom stereocenters. The quantitative estimate of drug-likeness (QED) is 0.644. The van der Waals surface area contributed by atoms with Crippen LogP contribution in [-0.4, -0.2) is 0 Å². The Hall–Kier alpha value is 0.363. The Morgan fingerprint density at radius 2 is 2.09 bits per heavy atom. The molecule has 0 heterocycles. The van der Waals surface area contributed by atoms with Crippen molar-refractivity contribution in [3.63, 3.8) is 0 Å². The van der Waals surface area contributed by atoms with Crippen LogP contribution in [0, 0.1) is 5.41 Å². The van der Waals surface area contributed by atoms with E-state index in [0.29, 0.717) is 5.41 Å². The van der Waals surface area contributed by atoms with E-state index < -0.39 is 0 Å². The molecule has 0 aromatic heterocycles. The van der Waals surface area contributed by atoms with Gasteiger partial charge in [-0.15, -0.1) is 0 Å². The van der Waals surface area contributed by atoms with Crippen molar-refractivity contribution >= 4 is 0 Å². The molecule has 1 rings (SSSR count). The summed E-state index contributed by atoms with van der Waals surface area (Å²) in [5.41, 5.74) is 1.99. The zero-order chi connectivity index (χ0) is 8.48. The van der Waals surface area contributed by atoms with Gasteiger partial charge in [0.25, 0.3) is 0 Å². The third-order valence-corrected chi connectivity index (χ3v) is 2.53. The van der Waals surface area contributed by atoms with Crippen LogP contribution < -0.4 is 0 Å². The average Bonchev–Trinajstić information content (AvgIpc) is 2.10. The summed E-state index contributed by atoms with van der Waals surface area (Å²) >= 11 is 1.58. The van der Waals surface area contributed by atoms with Crippen molar-refractivity contribution in [2.45, 2.75) is 33.6 Å². The number of rotatable bonds is 1. The van der Waals surface area contributed by atoms with E-state index in [1.54, 1.807) is 33.6 Å². The first-order chi connectivity index (χ1) is 4.97. The van der Waals surface area contributed by atoms with Gasteiger partial charge in [-0.05, 0) is 0 Å². The van der Waals surface area contributed by atoms with Gasteiger partial charge in [-0.2, -0.15) is 0 Å². The topological polar surface area (TPSA) is 0 Å². The molecule has 0 aromatic carbocycles. The molecular formula is C10H15Zr. The van der Waals surface area contributed by atoms with Crippen LogP contribution in [0.5, 0.6) is 0 Å². The Morgan fingerprint density at radius 1 is 1.45 bits per heavy atom. The van der Waals surface area contributed by atoms with Gasteiger partial charge >= 0.3 is 84.8 Å². The molecule has 0 fully saturated rings. The molecule has 0 bridgehead atoms. The van der Waals surface area contributed by atoms with Crippen LogP contribution in [0.25, 0.3) is 0 Å². The molecule has 0 radical (unpaired) electrons. The van der Waals surface area contributed by atoms with Crippen LogP contribution in [-0.2, 0) is 24.7 Å². The summed E-state index contributed by atoms with van der Waals surface area (Å²) in [7, 11) is 0. The van der Waals surface area contributed by atoms with E-state index in [0.717, 1.165) is 0 Å². The molecule has 0 amide bonds. The number of hydrogen-bond donors (Lipinski definition) is 0. The van der Waals surface area contributed by atoms with E-state index in [9.17, 15) is 0 Å². The molecule has 0 spiro atoms. The average molecular weight is 226 g/mol. The van der Waals surface area contributed by atoms with Crippen molar-refractivity contribution in [1.82, 2.24) is 0 Å². The summed E-state index contributed by atoms with van der Waals surface area (Å²) in [6.45, 7) is 6.88. The third-order valence-electron chi connectivity index (χ3n) is 1.68.